The van der Waals surface area contributed by atoms with E-state index in [9.17, 15) is 0 Å². The van der Waals surface area contributed by atoms with E-state index in [-0.39, 0.29) is 24.8 Å². The Morgan fingerprint density at radius 3 is 2.38 bits per heavy atom. The molecule has 2 heterocycles. The van der Waals surface area contributed by atoms with Crippen molar-refractivity contribution in [3.05, 3.63) is 23.9 Å². The fourth-order valence-corrected chi connectivity index (χ4v) is 1.78. The molecule has 1 aliphatic rings. The minimum Gasteiger partial charge on any atom is -0.357 e. The third-order valence-electron chi connectivity index (χ3n) is 2.76. The van der Waals surface area contributed by atoms with Gasteiger partial charge in [0.05, 0.1) is 0 Å². The van der Waals surface area contributed by atoms with Crippen LogP contribution < -0.4 is 10.6 Å². The molecule has 5 heteroatoms. The first-order chi connectivity index (χ1) is 6.75. The van der Waals surface area contributed by atoms with E-state index in [1.54, 1.807) is 0 Å². The predicted octanol–water partition coefficient (Wildman–Crippen LogP) is 2.16. The molecule has 1 fully saturated rings. The molecule has 0 radical (unpaired) electrons. The number of anilines is 1. The number of nitrogens with zero attached hydrogens (tertiary/aromatic N) is 2. The fraction of sp³-hybridized carbons (Fsp3) is 0.545. The average Bonchev–Trinajstić information content (AvgIpc) is 2.21. The van der Waals surface area contributed by atoms with Crippen molar-refractivity contribution in [2.75, 3.05) is 18.0 Å². The van der Waals surface area contributed by atoms with Crippen molar-refractivity contribution in [1.29, 1.82) is 0 Å². The van der Waals surface area contributed by atoms with E-state index in [1.165, 1.54) is 5.56 Å². The molecule has 0 aliphatic carbocycles. The van der Waals surface area contributed by atoms with E-state index in [0.29, 0.717) is 6.04 Å². The quantitative estimate of drug-likeness (QED) is 0.845. The molecule has 0 amide bonds. The Morgan fingerprint density at radius 1 is 1.25 bits per heavy atom. The lowest BCUT2D eigenvalue weighted by molar-refractivity contribution is 0.498. The molecule has 3 nitrogen and oxygen atoms in total. The first-order valence-corrected chi connectivity index (χ1v) is 5.19. The molecular formula is C11H19Cl2N3. The van der Waals surface area contributed by atoms with Gasteiger partial charge in [0.25, 0.3) is 0 Å². The van der Waals surface area contributed by atoms with Crippen molar-refractivity contribution in [3.63, 3.8) is 0 Å². The fourth-order valence-electron chi connectivity index (χ4n) is 1.78. The maximum absolute atomic E-state index is 5.85. The SMILES string of the molecule is Cc1ccc(N2CCC(N)CC2)nc1.Cl.Cl. The van der Waals surface area contributed by atoms with Crippen LogP contribution in [0.4, 0.5) is 5.82 Å². The summed E-state index contributed by atoms with van der Waals surface area (Å²) in [5.41, 5.74) is 7.06. The summed E-state index contributed by atoms with van der Waals surface area (Å²) in [6, 6.07) is 4.58. The lowest BCUT2D eigenvalue weighted by Gasteiger charge is -2.31. The molecule has 1 saturated heterocycles. The summed E-state index contributed by atoms with van der Waals surface area (Å²) < 4.78 is 0. The van der Waals surface area contributed by atoms with Gasteiger partial charge in [0.2, 0.25) is 0 Å². The minimum atomic E-state index is 0. The summed E-state index contributed by atoms with van der Waals surface area (Å²) in [5.74, 6) is 1.09. The molecule has 16 heavy (non-hydrogen) atoms. The zero-order valence-corrected chi connectivity index (χ0v) is 11.1. The van der Waals surface area contributed by atoms with Crippen molar-refractivity contribution in [2.24, 2.45) is 5.73 Å². The molecule has 0 atom stereocenters. The van der Waals surface area contributed by atoms with Crippen LogP contribution in [0.15, 0.2) is 18.3 Å². The Morgan fingerprint density at radius 2 is 1.88 bits per heavy atom. The van der Waals surface area contributed by atoms with Gasteiger partial charge in [-0.3, -0.25) is 0 Å². The van der Waals surface area contributed by atoms with E-state index in [1.807, 2.05) is 6.20 Å². The second kappa shape index (κ2) is 6.94. The summed E-state index contributed by atoms with van der Waals surface area (Å²) in [6.45, 7) is 4.14. The van der Waals surface area contributed by atoms with Crippen molar-refractivity contribution < 1.29 is 0 Å². The Balaban J connectivity index is 0.00000112. The second-order valence-corrected chi connectivity index (χ2v) is 4.02. The molecule has 92 valence electrons. The molecule has 1 aromatic heterocycles. The first kappa shape index (κ1) is 15.5. The average molecular weight is 264 g/mol. The molecule has 1 aromatic rings. The van der Waals surface area contributed by atoms with E-state index in [4.69, 9.17) is 5.73 Å². The summed E-state index contributed by atoms with van der Waals surface area (Å²) in [4.78, 5) is 6.72. The van der Waals surface area contributed by atoms with E-state index < -0.39 is 0 Å². The zero-order valence-electron chi connectivity index (χ0n) is 9.43. The Hall–Kier alpha value is -0.510. The largest absolute Gasteiger partial charge is 0.357 e. The molecule has 0 bridgehead atoms. The van der Waals surface area contributed by atoms with Gasteiger partial charge in [0.1, 0.15) is 5.82 Å². The van der Waals surface area contributed by atoms with Crippen LogP contribution in [-0.2, 0) is 0 Å². The van der Waals surface area contributed by atoms with Crippen LogP contribution in [0.3, 0.4) is 0 Å². The van der Waals surface area contributed by atoms with Crippen LogP contribution in [0.2, 0.25) is 0 Å². The van der Waals surface area contributed by atoms with Gasteiger partial charge in [-0.1, -0.05) is 6.07 Å². The van der Waals surface area contributed by atoms with Gasteiger partial charge in [-0.05, 0) is 31.4 Å². The van der Waals surface area contributed by atoms with Gasteiger partial charge in [0, 0.05) is 25.3 Å². The number of piperidine rings is 1. The summed E-state index contributed by atoms with van der Waals surface area (Å²) in [6.07, 6.45) is 4.08. The minimum absolute atomic E-state index is 0. The number of pyridine rings is 1. The maximum Gasteiger partial charge on any atom is 0.128 e. The van der Waals surface area contributed by atoms with Gasteiger partial charge < -0.3 is 10.6 Å². The molecule has 0 aromatic carbocycles. The highest BCUT2D eigenvalue weighted by molar-refractivity contribution is 5.85. The predicted molar refractivity (Wildman–Crippen MR) is 72.9 cm³/mol. The van der Waals surface area contributed by atoms with Gasteiger partial charge in [-0.15, -0.1) is 24.8 Å². The van der Waals surface area contributed by atoms with Crippen LogP contribution >= 0.6 is 24.8 Å². The van der Waals surface area contributed by atoms with Crippen LogP contribution in [0, 0.1) is 6.92 Å². The highest BCUT2D eigenvalue weighted by Gasteiger charge is 2.16. The lowest BCUT2D eigenvalue weighted by Crippen LogP contribution is -2.40. The van der Waals surface area contributed by atoms with Gasteiger partial charge >= 0.3 is 0 Å². The van der Waals surface area contributed by atoms with Gasteiger partial charge in [-0.25, -0.2) is 4.98 Å². The number of hydrogen-bond acceptors (Lipinski definition) is 3. The molecule has 0 unspecified atom stereocenters. The zero-order chi connectivity index (χ0) is 9.97. The summed E-state index contributed by atoms with van der Waals surface area (Å²) >= 11 is 0. The van der Waals surface area contributed by atoms with Gasteiger partial charge in [0.15, 0.2) is 0 Å². The Bertz CT molecular complexity index is 295. The first-order valence-electron chi connectivity index (χ1n) is 5.19. The number of rotatable bonds is 1. The van der Waals surface area contributed by atoms with Crippen molar-refractivity contribution in [2.45, 2.75) is 25.8 Å². The van der Waals surface area contributed by atoms with Crippen molar-refractivity contribution in [3.8, 4) is 0 Å². The lowest BCUT2D eigenvalue weighted by atomic mass is 10.1. The summed E-state index contributed by atoms with van der Waals surface area (Å²) in [5, 5.41) is 0. The number of aromatic nitrogens is 1. The maximum atomic E-state index is 5.85. The highest BCUT2D eigenvalue weighted by atomic mass is 35.5. The summed E-state index contributed by atoms with van der Waals surface area (Å²) in [7, 11) is 0. The van der Waals surface area contributed by atoms with Crippen LogP contribution in [0.5, 0.6) is 0 Å². The van der Waals surface area contributed by atoms with Crippen molar-refractivity contribution in [1.82, 2.24) is 4.98 Å². The topological polar surface area (TPSA) is 42.1 Å². The monoisotopic (exact) mass is 263 g/mol. The Kier molecular flexibility index (Phi) is 6.72. The molecule has 0 spiro atoms. The second-order valence-electron chi connectivity index (χ2n) is 4.02. The molecule has 0 saturated carbocycles. The Labute approximate surface area is 109 Å². The number of aryl methyl sites for hydroxylation is 1. The number of nitrogens with two attached hydrogens (primary N) is 1. The molecule has 2 N–H and O–H groups in total. The van der Waals surface area contributed by atoms with Crippen LogP contribution in [0.25, 0.3) is 0 Å². The van der Waals surface area contributed by atoms with Gasteiger partial charge in [-0.2, -0.15) is 0 Å². The third kappa shape index (κ3) is 3.81. The molecule has 2 rings (SSSR count). The highest BCUT2D eigenvalue weighted by Crippen LogP contribution is 2.16. The van der Waals surface area contributed by atoms with E-state index in [0.717, 1.165) is 31.7 Å². The van der Waals surface area contributed by atoms with E-state index >= 15 is 0 Å². The smallest absolute Gasteiger partial charge is 0.128 e. The number of halogens is 2. The standard InChI is InChI=1S/C11H17N3.2ClH/c1-9-2-3-11(13-8-9)14-6-4-10(12)5-7-14;;/h2-3,8,10H,4-7,12H2,1H3;2*1H. The van der Waals surface area contributed by atoms with Crippen LogP contribution in [-0.4, -0.2) is 24.1 Å². The third-order valence-corrected chi connectivity index (χ3v) is 2.76. The van der Waals surface area contributed by atoms with Crippen molar-refractivity contribution >= 4 is 30.6 Å². The molecular weight excluding hydrogens is 245 g/mol. The number of hydrogen-bond donors (Lipinski definition) is 1. The molecule has 1 aliphatic heterocycles. The van der Waals surface area contributed by atoms with E-state index in [2.05, 4.69) is 28.9 Å². The van der Waals surface area contributed by atoms with Crippen LogP contribution in [0.1, 0.15) is 18.4 Å². The normalized spacial score (nSPS) is 16.2.